The van der Waals surface area contributed by atoms with Crippen molar-refractivity contribution in [2.24, 2.45) is 0 Å². The quantitative estimate of drug-likeness (QED) is 0.405. The molecule has 0 fully saturated rings. The molecule has 0 aromatic rings. The zero-order valence-electron chi connectivity index (χ0n) is 10.5. The van der Waals surface area contributed by atoms with Gasteiger partial charge >= 0.3 is 12.1 Å². The number of ether oxygens (including phenoxy) is 1. The predicted molar refractivity (Wildman–Crippen MR) is 59.5 cm³/mol. The van der Waals surface area contributed by atoms with E-state index in [1.54, 1.807) is 0 Å². The molecule has 0 rings (SSSR count). The number of hydrogen-bond donors (Lipinski definition) is 0. The number of unbranched alkanes of at least 4 members (excludes halogenated alkanes) is 2. The summed E-state index contributed by atoms with van der Waals surface area (Å²) in [6, 6.07) is 0. The van der Waals surface area contributed by atoms with Gasteiger partial charge in [-0.25, -0.2) is 4.79 Å². The van der Waals surface area contributed by atoms with Crippen LogP contribution in [0.3, 0.4) is 0 Å². The second-order valence-corrected chi connectivity index (χ2v) is 4.36. The molecule has 1 atom stereocenters. The van der Waals surface area contributed by atoms with Crippen molar-refractivity contribution in [3.63, 3.8) is 0 Å². The molecule has 0 aliphatic rings. The fourth-order valence-electron chi connectivity index (χ4n) is 1.25. The second-order valence-electron chi connectivity index (χ2n) is 4.36. The lowest BCUT2D eigenvalue weighted by Gasteiger charge is -2.31. The maximum Gasteiger partial charge on any atom is 0.428 e. The minimum absolute atomic E-state index is 0.0315. The van der Waals surface area contributed by atoms with E-state index in [-0.39, 0.29) is 12.0 Å². The first-order valence-electron chi connectivity index (χ1n) is 5.59. The van der Waals surface area contributed by atoms with E-state index < -0.39 is 17.7 Å². The number of halogens is 3. The van der Waals surface area contributed by atoms with Crippen LogP contribution in [0.1, 0.15) is 46.5 Å². The highest BCUT2D eigenvalue weighted by molar-refractivity contribution is 5.87. The Bertz CT molecular complexity index is 284. The van der Waals surface area contributed by atoms with Crippen LogP contribution >= 0.6 is 0 Å². The van der Waals surface area contributed by atoms with Crippen LogP contribution in [-0.4, -0.2) is 17.7 Å². The third-order valence-corrected chi connectivity index (χ3v) is 2.52. The molecular formula is C12H19F3O2. The lowest BCUT2D eigenvalue weighted by Crippen LogP contribution is -2.46. The van der Waals surface area contributed by atoms with Gasteiger partial charge < -0.3 is 4.74 Å². The molecule has 0 aliphatic carbocycles. The Morgan fingerprint density at radius 1 is 1.29 bits per heavy atom. The minimum atomic E-state index is -4.56. The van der Waals surface area contributed by atoms with Crippen LogP contribution in [0.4, 0.5) is 13.2 Å². The first-order valence-corrected chi connectivity index (χ1v) is 5.59. The smallest absolute Gasteiger partial charge is 0.428 e. The molecule has 2 nitrogen and oxygen atoms in total. The Morgan fingerprint density at radius 2 is 1.82 bits per heavy atom. The number of carbonyl (C=O) groups excluding carboxylic acids is 1. The molecule has 0 spiro atoms. The number of alkyl halides is 3. The molecule has 0 saturated carbocycles. The average Bonchev–Trinajstić information content (AvgIpc) is 2.16. The van der Waals surface area contributed by atoms with Crippen LogP contribution in [0.15, 0.2) is 12.2 Å². The third-order valence-electron chi connectivity index (χ3n) is 2.52. The lowest BCUT2D eigenvalue weighted by molar-refractivity contribution is -0.264. The molecule has 0 aliphatic heterocycles. The molecule has 0 aromatic heterocycles. The highest BCUT2D eigenvalue weighted by Gasteiger charge is 2.53. The number of carbonyl (C=O) groups is 1. The van der Waals surface area contributed by atoms with Crippen molar-refractivity contribution >= 4 is 5.97 Å². The fourth-order valence-corrected chi connectivity index (χ4v) is 1.25. The zero-order valence-corrected chi connectivity index (χ0v) is 10.5. The first-order chi connectivity index (χ1) is 7.64. The van der Waals surface area contributed by atoms with E-state index in [2.05, 4.69) is 11.3 Å². The lowest BCUT2D eigenvalue weighted by atomic mass is 9.97. The monoisotopic (exact) mass is 252 g/mol. The highest BCUT2D eigenvalue weighted by atomic mass is 19.4. The summed E-state index contributed by atoms with van der Waals surface area (Å²) in [6.07, 6.45) is -2.93. The molecule has 0 bridgehead atoms. The van der Waals surface area contributed by atoms with E-state index >= 15 is 0 Å². The molecule has 0 heterocycles. The van der Waals surface area contributed by atoms with Crippen LogP contribution in [-0.2, 0) is 9.53 Å². The van der Waals surface area contributed by atoms with Crippen molar-refractivity contribution in [1.82, 2.24) is 0 Å². The van der Waals surface area contributed by atoms with Crippen LogP contribution in [0.5, 0.6) is 0 Å². The summed E-state index contributed by atoms with van der Waals surface area (Å²) in [5, 5.41) is 0. The van der Waals surface area contributed by atoms with Crippen LogP contribution in [0.2, 0.25) is 0 Å². The molecule has 0 N–H and O–H groups in total. The summed E-state index contributed by atoms with van der Waals surface area (Å²) in [4.78, 5) is 11.2. The fraction of sp³-hybridized carbons (Fsp3) is 0.750. The number of rotatable bonds is 6. The summed E-state index contributed by atoms with van der Waals surface area (Å²) < 4.78 is 43.1. The summed E-state index contributed by atoms with van der Waals surface area (Å²) in [5.41, 5.74) is -2.45. The Kier molecular flexibility index (Phi) is 5.72. The molecule has 100 valence electrons. The van der Waals surface area contributed by atoms with Gasteiger partial charge in [0.05, 0.1) is 0 Å². The Hall–Kier alpha value is -1.00. The van der Waals surface area contributed by atoms with Gasteiger partial charge in [-0.3, -0.25) is 0 Å². The van der Waals surface area contributed by atoms with E-state index in [1.165, 1.54) is 6.92 Å². The molecule has 0 amide bonds. The summed E-state index contributed by atoms with van der Waals surface area (Å²) in [5.74, 6) is -0.999. The van der Waals surface area contributed by atoms with Crippen LogP contribution in [0, 0.1) is 0 Å². The Morgan fingerprint density at radius 3 is 2.18 bits per heavy atom. The van der Waals surface area contributed by atoms with E-state index in [0.717, 1.165) is 13.3 Å². The zero-order chi connectivity index (χ0) is 13.7. The van der Waals surface area contributed by atoms with E-state index in [4.69, 9.17) is 0 Å². The predicted octanol–water partition coefficient (Wildman–Crippen LogP) is 4.01. The minimum Gasteiger partial charge on any atom is -0.446 e. The van der Waals surface area contributed by atoms with E-state index in [9.17, 15) is 18.0 Å². The molecule has 0 saturated heterocycles. The maximum atomic E-state index is 12.8. The molecular weight excluding hydrogens is 233 g/mol. The van der Waals surface area contributed by atoms with Gasteiger partial charge in [-0.2, -0.15) is 13.2 Å². The van der Waals surface area contributed by atoms with Gasteiger partial charge in [0.25, 0.3) is 0 Å². The van der Waals surface area contributed by atoms with Crippen molar-refractivity contribution in [1.29, 1.82) is 0 Å². The van der Waals surface area contributed by atoms with Crippen molar-refractivity contribution in [2.45, 2.75) is 58.2 Å². The van der Waals surface area contributed by atoms with Crippen molar-refractivity contribution in [2.75, 3.05) is 0 Å². The van der Waals surface area contributed by atoms with Gasteiger partial charge in [-0.1, -0.05) is 26.3 Å². The molecule has 0 radical (unpaired) electrons. The first kappa shape index (κ1) is 16.0. The molecule has 1 unspecified atom stereocenters. The number of esters is 1. The molecule has 5 heteroatoms. The average molecular weight is 252 g/mol. The van der Waals surface area contributed by atoms with Crippen LogP contribution in [0.25, 0.3) is 0 Å². The van der Waals surface area contributed by atoms with Gasteiger partial charge in [0.2, 0.25) is 5.60 Å². The standard InChI is InChI=1S/C12H19F3O2/c1-5-6-7-8-11(4,12(13,14)15)17-10(16)9(2)3/h2,5-8H2,1,3-4H3. The van der Waals surface area contributed by atoms with E-state index in [1.807, 2.05) is 6.92 Å². The Balaban J connectivity index is 4.74. The SMILES string of the molecule is C=C(C)C(=O)OC(C)(CCCCC)C(F)(F)F. The molecule has 17 heavy (non-hydrogen) atoms. The summed E-state index contributed by atoms with van der Waals surface area (Å²) >= 11 is 0. The van der Waals surface area contributed by atoms with Crippen LogP contribution < -0.4 is 0 Å². The summed E-state index contributed by atoms with van der Waals surface area (Å²) in [7, 11) is 0. The Labute approximate surface area is 99.8 Å². The maximum absolute atomic E-state index is 12.8. The third kappa shape index (κ3) is 4.79. The highest BCUT2D eigenvalue weighted by Crippen LogP contribution is 2.38. The van der Waals surface area contributed by atoms with Gasteiger partial charge in [0, 0.05) is 5.57 Å². The second kappa shape index (κ2) is 6.07. The largest absolute Gasteiger partial charge is 0.446 e. The van der Waals surface area contributed by atoms with Crippen molar-refractivity contribution in [3.05, 3.63) is 12.2 Å². The van der Waals surface area contributed by atoms with E-state index in [0.29, 0.717) is 12.8 Å². The van der Waals surface area contributed by atoms with Crippen molar-refractivity contribution in [3.8, 4) is 0 Å². The molecule has 0 aromatic carbocycles. The summed E-state index contributed by atoms with van der Waals surface area (Å²) in [6.45, 7) is 7.40. The van der Waals surface area contributed by atoms with Gasteiger partial charge in [-0.15, -0.1) is 0 Å². The van der Waals surface area contributed by atoms with Crippen molar-refractivity contribution < 1.29 is 22.7 Å². The normalized spacial score (nSPS) is 15.2. The van der Waals surface area contributed by atoms with Gasteiger partial charge in [0.15, 0.2) is 0 Å². The van der Waals surface area contributed by atoms with Gasteiger partial charge in [-0.05, 0) is 26.7 Å². The topological polar surface area (TPSA) is 26.3 Å². The van der Waals surface area contributed by atoms with Gasteiger partial charge in [0.1, 0.15) is 0 Å². The number of hydrogen-bond acceptors (Lipinski definition) is 2.